The van der Waals surface area contributed by atoms with E-state index in [4.69, 9.17) is 5.11 Å². The van der Waals surface area contributed by atoms with Gasteiger partial charge in [-0.15, -0.1) is 0 Å². The molecule has 0 spiro atoms. The van der Waals surface area contributed by atoms with Crippen LogP contribution in [0.5, 0.6) is 0 Å². The molecule has 0 aromatic carbocycles. The van der Waals surface area contributed by atoms with Crippen LogP contribution in [-0.2, 0) is 9.59 Å². The molecule has 1 amide bonds. The van der Waals surface area contributed by atoms with Crippen molar-refractivity contribution in [2.75, 3.05) is 6.54 Å². The van der Waals surface area contributed by atoms with Gasteiger partial charge in [0.1, 0.15) is 0 Å². The fraction of sp³-hybridized carbons (Fsp3) is 0.692. The highest BCUT2D eigenvalue weighted by molar-refractivity contribution is 5.93. The van der Waals surface area contributed by atoms with Crippen LogP contribution in [0.25, 0.3) is 0 Å². The van der Waals surface area contributed by atoms with Gasteiger partial charge < -0.3 is 10.4 Å². The summed E-state index contributed by atoms with van der Waals surface area (Å²) in [6.07, 6.45) is 8.04. The first-order chi connectivity index (χ1) is 8.08. The van der Waals surface area contributed by atoms with Gasteiger partial charge in [0.25, 0.3) is 0 Å². The Bertz CT molecular complexity index is 299. The summed E-state index contributed by atoms with van der Waals surface area (Å²) in [5.74, 6) is 0.0939. The zero-order valence-electron chi connectivity index (χ0n) is 10.3. The lowest BCUT2D eigenvalue weighted by Gasteiger charge is -2.26. The van der Waals surface area contributed by atoms with E-state index in [1.165, 1.54) is 25.7 Å². The normalized spacial score (nSPS) is 24.8. The van der Waals surface area contributed by atoms with Crippen LogP contribution in [0, 0.1) is 11.8 Å². The molecular formula is C13H21NO3. The van der Waals surface area contributed by atoms with Gasteiger partial charge in [-0.1, -0.05) is 26.2 Å². The second kappa shape index (κ2) is 7.09. The van der Waals surface area contributed by atoms with Crippen molar-refractivity contribution in [3.8, 4) is 0 Å². The molecule has 0 radical (unpaired) electrons. The van der Waals surface area contributed by atoms with Crippen molar-refractivity contribution < 1.29 is 14.7 Å². The Morgan fingerprint density at radius 1 is 1.35 bits per heavy atom. The molecule has 0 heterocycles. The van der Waals surface area contributed by atoms with Crippen molar-refractivity contribution >= 4 is 11.9 Å². The molecule has 4 nitrogen and oxygen atoms in total. The van der Waals surface area contributed by atoms with Crippen LogP contribution >= 0.6 is 0 Å². The molecule has 1 aliphatic rings. The number of carbonyl (C=O) groups is 2. The number of carboxylic acids is 1. The average molecular weight is 239 g/mol. The smallest absolute Gasteiger partial charge is 0.328 e. The van der Waals surface area contributed by atoms with Crippen molar-refractivity contribution in [2.24, 2.45) is 11.8 Å². The van der Waals surface area contributed by atoms with Crippen molar-refractivity contribution in [1.82, 2.24) is 5.32 Å². The van der Waals surface area contributed by atoms with Gasteiger partial charge in [-0.2, -0.15) is 0 Å². The molecule has 17 heavy (non-hydrogen) atoms. The predicted molar refractivity (Wildman–Crippen MR) is 65.5 cm³/mol. The molecule has 1 rings (SSSR count). The Hall–Kier alpha value is -1.32. The molecule has 2 N–H and O–H groups in total. The molecule has 96 valence electrons. The van der Waals surface area contributed by atoms with Crippen LogP contribution in [0.15, 0.2) is 12.2 Å². The molecule has 0 aromatic rings. The zero-order valence-corrected chi connectivity index (χ0v) is 10.3. The first kappa shape index (κ1) is 13.7. The summed E-state index contributed by atoms with van der Waals surface area (Å²) in [6.45, 7) is 2.92. The first-order valence-corrected chi connectivity index (χ1v) is 6.26. The number of rotatable bonds is 5. The zero-order chi connectivity index (χ0) is 12.7. The highest BCUT2D eigenvalue weighted by Gasteiger charge is 2.18. The number of carboxylic acid groups (broad SMARTS) is 1. The van der Waals surface area contributed by atoms with Crippen LogP contribution < -0.4 is 5.32 Å². The van der Waals surface area contributed by atoms with Crippen molar-refractivity contribution in [1.29, 1.82) is 0 Å². The van der Waals surface area contributed by atoms with E-state index in [1.807, 2.05) is 0 Å². The van der Waals surface area contributed by atoms with E-state index in [-0.39, 0.29) is 5.91 Å². The second-order valence-corrected chi connectivity index (χ2v) is 4.89. The second-order valence-electron chi connectivity index (χ2n) is 4.89. The van der Waals surface area contributed by atoms with Crippen LogP contribution in [-0.4, -0.2) is 23.5 Å². The third-order valence-corrected chi connectivity index (χ3v) is 3.27. The average Bonchev–Trinajstić information content (AvgIpc) is 2.26. The number of nitrogens with one attached hydrogen (secondary N) is 1. The fourth-order valence-electron chi connectivity index (χ4n) is 2.43. The lowest BCUT2D eigenvalue weighted by molar-refractivity contribution is -0.131. The molecule has 2 unspecified atom stereocenters. The van der Waals surface area contributed by atoms with Gasteiger partial charge in [-0.3, -0.25) is 4.79 Å². The van der Waals surface area contributed by atoms with Gasteiger partial charge in [0.2, 0.25) is 5.91 Å². The van der Waals surface area contributed by atoms with E-state index >= 15 is 0 Å². The molecule has 4 heteroatoms. The van der Waals surface area contributed by atoms with Crippen molar-refractivity contribution in [2.45, 2.75) is 39.0 Å². The van der Waals surface area contributed by atoms with Crippen molar-refractivity contribution in [3.05, 3.63) is 12.2 Å². The molecule has 1 aliphatic carbocycles. The number of hydrogen-bond donors (Lipinski definition) is 2. The van der Waals surface area contributed by atoms with Crippen LogP contribution in [0.4, 0.5) is 0 Å². The van der Waals surface area contributed by atoms with E-state index in [1.54, 1.807) is 0 Å². The van der Waals surface area contributed by atoms with Crippen LogP contribution in [0.2, 0.25) is 0 Å². The van der Waals surface area contributed by atoms with Crippen LogP contribution in [0.1, 0.15) is 39.0 Å². The summed E-state index contributed by atoms with van der Waals surface area (Å²) in [5.41, 5.74) is 0. The monoisotopic (exact) mass is 239 g/mol. The molecule has 0 bridgehead atoms. The molecule has 0 aromatic heterocycles. The summed E-state index contributed by atoms with van der Waals surface area (Å²) >= 11 is 0. The Morgan fingerprint density at radius 3 is 2.76 bits per heavy atom. The third-order valence-electron chi connectivity index (χ3n) is 3.27. The van der Waals surface area contributed by atoms with Gasteiger partial charge in [0, 0.05) is 18.7 Å². The van der Waals surface area contributed by atoms with Crippen LogP contribution in [0.3, 0.4) is 0 Å². The minimum atomic E-state index is -1.10. The summed E-state index contributed by atoms with van der Waals surface area (Å²) in [5, 5.41) is 11.1. The SMILES string of the molecule is CC1CCCC(CCNC(=O)C=CC(=O)O)C1. The Morgan fingerprint density at radius 2 is 2.12 bits per heavy atom. The van der Waals surface area contributed by atoms with E-state index in [2.05, 4.69) is 12.2 Å². The van der Waals surface area contributed by atoms with Crippen molar-refractivity contribution in [3.63, 3.8) is 0 Å². The summed E-state index contributed by atoms with van der Waals surface area (Å²) in [7, 11) is 0. The Balaban J connectivity index is 2.14. The quantitative estimate of drug-likeness (QED) is 0.721. The minimum absolute atomic E-state index is 0.323. The third kappa shape index (κ3) is 6.09. The maximum atomic E-state index is 11.2. The highest BCUT2D eigenvalue weighted by atomic mass is 16.4. The maximum Gasteiger partial charge on any atom is 0.328 e. The maximum absolute atomic E-state index is 11.2. The lowest BCUT2D eigenvalue weighted by atomic mass is 9.81. The van der Waals surface area contributed by atoms with E-state index in [9.17, 15) is 9.59 Å². The molecule has 1 fully saturated rings. The Kier molecular flexibility index (Phi) is 5.73. The minimum Gasteiger partial charge on any atom is -0.478 e. The number of aliphatic carboxylic acids is 1. The molecule has 1 saturated carbocycles. The van der Waals surface area contributed by atoms with Gasteiger partial charge in [-0.05, 0) is 24.7 Å². The first-order valence-electron chi connectivity index (χ1n) is 6.26. The predicted octanol–water partition coefficient (Wildman–Crippen LogP) is 1.96. The van der Waals surface area contributed by atoms with Gasteiger partial charge in [-0.25, -0.2) is 4.79 Å². The summed E-state index contributed by atoms with van der Waals surface area (Å²) < 4.78 is 0. The van der Waals surface area contributed by atoms with Gasteiger partial charge in [0.15, 0.2) is 0 Å². The molecule has 2 atom stereocenters. The fourth-order valence-corrected chi connectivity index (χ4v) is 2.43. The standard InChI is InChI=1S/C13H21NO3/c1-10-3-2-4-11(9-10)7-8-14-12(15)5-6-13(16)17/h5-6,10-11H,2-4,7-9H2,1H3,(H,14,15)(H,16,17). The summed E-state index contributed by atoms with van der Waals surface area (Å²) in [6, 6.07) is 0. The number of carbonyl (C=O) groups excluding carboxylic acids is 1. The Labute approximate surface area is 102 Å². The number of hydrogen-bond acceptors (Lipinski definition) is 2. The van der Waals surface area contributed by atoms with E-state index in [0.717, 1.165) is 24.5 Å². The van der Waals surface area contributed by atoms with E-state index < -0.39 is 5.97 Å². The molecule has 0 aliphatic heterocycles. The van der Waals surface area contributed by atoms with E-state index in [0.29, 0.717) is 12.5 Å². The molecule has 0 saturated heterocycles. The lowest BCUT2D eigenvalue weighted by Crippen LogP contribution is -2.25. The highest BCUT2D eigenvalue weighted by Crippen LogP contribution is 2.30. The topological polar surface area (TPSA) is 66.4 Å². The number of amides is 1. The van der Waals surface area contributed by atoms with Gasteiger partial charge in [0.05, 0.1) is 0 Å². The largest absolute Gasteiger partial charge is 0.478 e. The van der Waals surface area contributed by atoms with Gasteiger partial charge >= 0.3 is 5.97 Å². The molecular weight excluding hydrogens is 218 g/mol. The summed E-state index contributed by atoms with van der Waals surface area (Å²) in [4.78, 5) is 21.4.